The highest BCUT2D eigenvalue weighted by Gasteiger charge is 2.27. The molecule has 4 nitrogen and oxygen atoms in total. The van der Waals surface area contributed by atoms with E-state index in [-0.39, 0.29) is 11.8 Å². The lowest BCUT2D eigenvalue weighted by molar-refractivity contribution is -0.138. The maximum Gasteiger partial charge on any atom is 0.242 e. The van der Waals surface area contributed by atoms with Crippen molar-refractivity contribution in [3.63, 3.8) is 0 Å². The summed E-state index contributed by atoms with van der Waals surface area (Å²) in [6, 6.07) is 17.3. The first-order valence-electron chi connectivity index (χ1n) is 10.5. The van der Waals surface area contributed by atoms with Crippen LogP contribution in [0.25, 0.3) is 0 Å². The van der Waals surface area contributed by atoms with Gasteiger partial charge in [-0.3, -0.25) is 9.59 Å². The van der Waals surface area contributed by atoms with Gasteiger partial charge in [0.15, 0.2) is 0 Å². The Hall–Kier alpha value is -1.98. The van der Waals surface area contributed by atoms with Gasteiger partial charge in [0, 0.05) is 23.9 Å². The Labute approximate surface area is 189 Å². The normalized spacial score (nSPS) is 11.7. The molecule has 0 aromatic heterocycles. The Balaban J connectivity index is 2.04. The zero-order valence-electron chi connectivity index (χ0n) is 17.8. The largest absolute Gasteiger partial charge is 0.354 e. The summed E-state index contributed by atoms with van der Waals surface area (Å²) in [7, 11) is 0. The summed E-state index contributed by atoms with van der Waals surface area (Å²) in [4.78, 5) is 27.6. The maximum atomic E-state index is 13.1. The summed E-state index contributed by atoms with van der Waals surface area (Å²) in [6.45, 7) is 5.12. The van der Waals surface area contributed by atoms with Crippen LogP contribution in [0.3, 0.4) is 0 Å². The first-order chi connectivity index (χ1) is 14.6. The second kappa shape index (κ2) is 13.3. The number of halogens is 1. The molecular formula is C24H31ClN2O2S. The molecule has 162 valence electrons. The fraction of sp³-hybridized carbons (Fsp3) is 0.417. The van der Waals surface area contributed by atoms with Crippen LogP contribution in [0.2, 0.25) is 5.02 Å². The molecule has 2 rings (SSSR count). The molecule has 0 spiro atoms. The Morgan fingerprint density at radius 2 is 1.77 bits per heavy atom. The smallest absolute Gasteiger partial charge is 0.242 e. The lowest BCUT2D eigenvalue weighted by Crippen LogP contribution is -2.50. The van der Waals surface area contributed by atoms with E-state index in [1.165, 1.54) is 11.8 Å². The fourth-order valence-corrected chi connectivity index (χ4v) is 4.40. The number of hydrogen-bond donors (Lipinski definition) is 1. The first-order valence-corrected chi connectivity index (χ1v) is 12.0. The minimum atomic E-state index is -0.450. The van der Waals surface area contributed by atoms with Crippen molar-refractivity contribution in [1.82, 2.24) is 10.2 Å². The lowest BCUT2D eigenvalue weighted by atomic mass is 10.1. The fourth-order valence-electron chi connectivity index (χ4n) is 3.21. The van der Waals surface area contributed by atoms with Crippen LogP contribution in [0, 0.1) is 0 Å². The molecule has 0 saturated heterocycles. The average Bonchev–Trinajstić information content (AvgIpc) is 2.76. The van der Waals surface area contributed by atoms with Crippen molar-refractivity contribution in [3.8, 4) is 0 Å². The number of thioether (sulfide) groups is 1. The van der Waals surface area contributed by atoms with E-state index < -0.39 is 6.04 Å². The monoisotopic (exact) mass is 446 g/mol. The molecule has 0 radical (unpaired) electrons. The van der Waals surface area contributed by atoms with Crippen molar-refractivity contribution in [2.45, 2.75) is 44.9 Å². The molecule has 1 atom stereocenters. The number of carbonyl (C=O) groups excluding carboxylic acids is 2. The first kappa shape index (κ1) is 24.3. The highest BCUT2D eigenvalue weighted by molar-refractivity contribution is 7.99. The molecular weight excluding hydrogens is 416 g/mol. The lowest BCUT2D eigenvalue weighted by Gasteiger charge is -2.30. The standard InChI is InChI=1S/C24H31ClN2O2S/c1-3-15-26-24(29)22(4-2)27(16-14-19-10-6-5-7-11-19)23(28)18-30-17-20-12-8-9-13-21(20)25/h5-13,22H,3-4,14-18H2,1-2H3,(H,26,29). The molecule has 2 aromatic rings. The van der Waals surface area contributed by atoms with Crippen molar-refractivity contribution in [2.24, 2.45) is 0 Å². The van der Waals surface area contributed by atoms with Gasteiger partial charge in [0.05, 0.1) is 5.75 Å². The Morgan fingerprint density at radius 3 is 2.43 bits per heavy atom. The van der Waals surface area contributed by atoms with Crippen LogP contribution in [-0.4, -0.2) is 41.6 Å². The maximum absolute atomic E-state index is 13.1. The van der Waals surface area contributed by atoms with Crippen LogP contribution in [0.4, 0.5) is 0 Å². The van der Waals surface area contributed by atoms with Crippen molar-refractivity contribution in [2.75, 3.05) is 18.8 Å². The second-order valence-corrected chi connectivity index (χ2v) is 8.51. The van der Waals surface area contributed by atoms with Gasteiger partial charge < -0.3 is 10.2 Å². The molecule has 2 amide bonds. The molecule has 1 N–H and O–H groups in total. The van der Waals surface area contributed by atoms with Crippen molar-refractivity contribution >= 4 is 35.2 Å². The van der Waals surface area contributed by atoms with Gasteiger partial charge in [-0.15, -0.1) is 11.8 Å². The molecule has 0 bridgehead atoms. The molecule has 0 heterocycles. The SMILES string of the molecule is CCCNC(=O)C(CC)N(CCc1ccccc1)C(=O)CSCc1ccccc1Cl. The van der Waals surface area contributed by atoms with E-state index in [0.717, 1.165) is 24.0 Å². The van der Waals surface area contributed by atoms with Crippen LogP contribution in [0.15, 0.2) is 54.6 Å². The van der Waals surface area contributed by atoms with E-state index in [0.29, 0.717) is 36.0 Å². The van der Waals surface area contributed by atoms with Crippen molar-refractivity contribution < 1.29 is 9.59 Å². The van der Waals surface area contributed by atoms with E-state index in [1.807, 2.05) is 68.4 Å². The van der Waals surface area contributed by atoms with Crippen molar-refractivity contribution in [3.05, 3.63) is 70.7 Å². The van der Waals surface area contributed by atoms with Gasteiger partial charge in [0.25, 0.3) is 0 Å². The van der Waals surface area contributed by atoms with Crippen LogP contribution in [-0.2, 0) is 21.8 Å². The molecule has 0 saturated carbocycles. The minimum Gasteiger partial charge on any atom is -0.354 e. The van der Waals surface area contributed by atoms with Crippen LogP contribution in [0.5, 0.6) is 0 Å². The predicted octanol–water partition coefficient (Wildman–Crippen LogP) is 4.95. The molecule has 2 aromatic carbocycles. The predicted molar refractivity (Wildman–Crippen MR) is 127 cm³/mol. The molecule has 6 heteroatoms. The summed E-state index contributed by atoms with van der Waals surface area (Å²) in [5.41, 5.74) is 2.17. The van der Waals surface area contributed by atoms with Crippen LogP contribution in [0.1, 0.15) is 37.8 Å². The quantitative estimate of drug-likeness (QED) is 0.501. The van der Waals surface area contributed by atoms with E-state index in [4.69, 9.17) is 11.6 Å². The van der Waals surface area contributed by atoms with Crippen LogP contribution < -0.4 is 5.32 Å². The van der Waals surface area contributed by atoms with Gasteiger partial charge in [-0.25, -0.2) is 0 Å². The summed E-state index contributed by atoms with van der Waals surface area (Å²) < 4.78 is 0. The Kier molecular flexibility index (Phi) is 10.8. The molecule has 0 aliphatic rings. The summed E-state index contributed by atoms with van der Waals surface area (Å²) in [5, 5.41) is 3.66. The highest BCUT2D eigenvalue weighted by atomic mass is 35.5. The number of amides is 2. The molecule has 0 aliphatic carbocycles. The minimum absolute atomic E-state index is 0.0125. The van der Waals surface area contributed by atoms with Gasteiger partial charge in [-0.1, -0.05) is 74.0 Å². The molecule has 1 unspecified atom stereocenters. The molecule has 30 heavy (non-hydrogen) atoms. The van der Waals surface area contributed by atoms with E-state index >= 15 is 0 Å². The number of nitrogens with one attached hydrogen (secondary N) is 1. The number of nitrogens with zero attached hydrogens (tertiary/aromatic N) is 1. The number of hydrogen-bond acceptors (Lipinski definition) is 3. The summed E-state index contributed by atoms with van der Waals surface area (Å²) in [5.74, 6) is 0.896. The molecule has 0 aliphatic heterocycles. The average molecular weight is 447 g/mol. The van der Waals surface area contributed by atoms with E-state index in [1.54, 1.807) is 4.90 Å². The van der Waals surface area contributed by atoms with Gasteiger partial charge >= 0.3 is 0 Å². The second-order valence-electron chi connectivity index (χ2n) is 7.12. The van der Waals surface area contributed by atoms with Crippen molar-refractivity contribution in [1.29, 1.82) is 0 Å². The van der Waals surface area contributed by atoms with Gasteiger partial charge in [0.2, 0.25) is 11.8 Å². The third-order valence-corrected chi connectivity index (χ3v) is 6.20. The Morgan fingerprint density at radius 1 is 1.07 bits per heavy atom. The van der Waals surface area contributed by atoms with E-state index in [9.17, 15) is 9.59 Å². The highest BCUT2D eigenvalue weighted by Crippen LogP contribution is 2.21. The zero-order valence-corrected chi connectivity index (χ0v) is 19.3. The Bertz CT molecular complexity index is 801. The van der Waals surface area contributed by atoms with Crippen LogP contribution >= 0.6 is 23.4 Å². The van der Waals surface area contributed by atoms with E-state index in [2.05, 4.69) is 5.32 Å². The number of rotatable bonds is 12. The summed E-state index contributed by atoms with van der Waals surface area (Å²) in [6.07, 6.45) is 2.18. The van der Waals surface area contributed by atoms with Gasteiger partial charge in [-0.2, -0.15) is 0 Å². The third kappa shape index (κ3) is 7.69. The van der Waals surface area contributed by atoms with Gasteiger partial charge in [0.1, 0.15) is 6.04 Å². The zero-order chi connectivity index (χ0) is 21.8. The third-order valence-electron chi connectivity index (χ3n) is 4.86. The summed E-state index contributed by atoms with van der Waals surface area (Å²) >= 11 is 7.75. The molecule has 0 fully saturated rings. The van der Waals surface area contributed by atoms with Gasteiger partial charge in [-0.05, 0) is 36.5 Å². The number of benzene rings is 2. The topological polar surface area (TPSA) is 49.4 Å². The number of carbonyl (C=O) groups is 2.